The van der Waals surface area contributed by atoms with Gasteiger partial charge < -0.3 is 15.6 Å². The van der Waals surface area contributed by atoms with E-state index in [0.29, 0.717) is 33.7 Å². The van der Waals surface area contributed by atoms with Crippen molar-refractivity contribution < 1.29 is 9.84 Å². The summed E-state index contributed by atoms with van der Waals surface area (Å²) in [6.45, 7) is 0.327. The van der Waals surface area contributed by atoms with Crippen molar-refractivity contribution in [3.8, 4) is 16.3 Å². The van der Waals surface area contributed by atoms with Crippen LogP contribution in [-0.2, 0) is 11.3 Å². The molecule has 0 amide bonds. The standard InChI is InChI=1S/C11H11N5O2S/c1-18-5-8-13-14-11-16(8)15-10(19-11)6-3-2-4-7(12)9(6)17/h2-4,17H,5,12H2,1H3. The van der Waals surface area contributed by atoms with E-state index in [9.17, 15) is 5.11 Å². The SMILES string of the molecule is COCc1nnc2sc(-c3cccc(N)c3O)nn12. The van der Waals surface area contributed by atoms with E-state index >= 15 is 0 Å². The second kappa shape index (κ2) is 4.48. The van der Waals surface area contributed by atoms with Crippen molar-refractivity contribution in [3.63, 3.8) is 0 Å². The smallest absolute Gasteiger partial charge is 0.235 e. The maximum absolute atomic E-state index is 9.96. The predicted molar refractivity (Wildman–Crippen MR) is 70.9 cm³/mol. The van der Waals surface area contributed by atoms with Crippen LogP contribution in [-0.4, -0.2) is 32.0 Å². The van der Waals surface area contributed by atoms with E-state index in [-0.39, 0.29) is 5.75 Å². The van der Waals surface area contributed by atoms with Crippen molar-refractivity contribution in [1.82, 2.24) is 19.8 Å². The number of para-hydroxylation sites is 1. The number of nitrogens with two attached hydrogens (primary N) is 1. The Kier molecular flexibility index (Phi) is 2.80. The zero-order valence-electron chi connectivity index (χ0n) is 10.1. The van der Waals surface area contributed by atoms with E-state index in [0.717, 1.165) is 0 Å². The lowest BCUT2D eigenvalue weighted by atomic mass is 10.2. The summed E-state index contributed by atoms with van der Waals surface area (Å²) in [4.78, 5) is 0.642. The normalized spacial score (nSPS) is 11.2. The van der Waals surface area contributed by atoms with Crippen LogP contribution < -0.4 is 5.73 Å². The van der Waals surface area contributed by atoms with Gasteiger partial charge in [-0.15, -0.1) is 10.2 Å². The molecule has 0 aliphatic carbocycles. The maximum Gasteiger partial charge on any atom is 0.235 e. The van der Waals surface area contributed by atoms with Crippen molar-refractivity contribution in [2.75, 3.05) is 12.8 Å². The molecule has 0 aliphatic heterocycles. The Hall–Kier alpha value is -2.19. The van der Waals surface area contributed by atoms with Crippen LogP contribution in [0.1, 0.15) is 5.82 Å². The minimum Gasteiger partial charge on any atom is -0.505 e. The van der Waals surface area contributed by atoms with Gasteiger partial charge in [0.2, 0.25) is 4.96 Å². The van der Waals surface area contributed by atoms with E-state index < -0.39 is 0 Å². The number of phenolic OH excluding ortho intramolecular Hbond substituents is 1. The number of phenols is 1. The number of rotatable bonds is 3. The van der Waals surface area contributed by atoms with Crippen LogP contribution in [0.4, 0.5) is 5.69 Å². The van der Waals surface area contributed by atoms with Gasteiger partial charge in [0.15, 0.2) is 10.8 Å². The first kappa shape index (κ1) is 11.9. The molecule has 0 spiro atoms. The summed E-state index contributed by atoms with van der Waals surface area (Å²) in [7, 11) is 1.58. The first-order chi connectivity index (χ1) is 9.20. The average Bonchev–Trinajstić information content (AvgIpc) is 2.95. The highest BCUT2D eigenvalue weighted by Crippen LogP contribution is 2.35. The predicted octanol–water partition coefficient (Wildman–Crippen LogP) is 1.29. The molecule has 8 heteroatoms. The van der Waals surface area contributed by atoms with Gasteiger partial charge in [-0.05, 0) is 12.1 Å². The third-order valence-corrected chi connectivity index (χ3v) is 3.56. The van der Waals surface area contributed by atoms with Gasteiger partial charge in [-0.3, -0.25) is 0 Å². The summed E-state index contributed by atoms with van der Waals surface area (Å²) in [6.07, 6.45) is 0. The highest BCUT2D eigenvalue weighted by Gasteiger charge is 2.15. The number of fused-ring (bicyclic) bond motifs is 1. The summed E-state index contributed by atoms with van der Waals surface area (Å²) < 4.78 is 6.63. The van der Waals surface area contributed by atoms with E-state index in [4.69, 9.17) is 10.5 Å². The molecule has 2 heterocycles. The van der Waals surface area contributed by atoms with Gasteiger partial charge in [-0.1, -0.05) is 17.4 Å². The molecule has 0 fully saturated rings. The number of aromatic nitrogens is 4. The quantitative estimate of drug-likeness (QED) is 0.553. The van der Waals surface area contributed by atoms with Gasteiger partial charge in [-0.2, -0.15) is 9.61 Å². The number of methoxy groups -OCH3 is 1. The molecule has 0 aliphatic rings. The van der Waals surface area contributed by atoms with Crippen LogP contribution in [0.3, 0.4) is 0 Å². The minimum atomic E-state index is 0.0285. The Balaban J connectivity index is 2.13. The Bertz CT molecular complexity index is 736. The summed E-state index contributed by atoms with van der Waals surface area (Å²) in [6, 6.07) is 5.16. The molecule has 3 rings (SSSR count). The third-order valence-electron chi connectivity index (χ3n) is 2.63. The molecule has 1 aromatic carbocycles. The number of ether oxygens (including phenoxy) is 1. The van der Waals surface area contributed by atoms with Gasteiger partial charge in [0.25, 0.3) is 0 Å². The van der Waals surface area contributed by atoms with Crippen molar-refractivity contribution >= 4 is 22.0 Å². The Morgan fingerprint density at radius 3 is 3.05 bits per heavy atom. The first-order valence-electron chi connectivity index (χ1n) is 5.48. The zero-order valence-corrected chi connectivity index (χ0v) is 10.9. The molecule has 98 valence electrons. The Morgan fingerprint density at radius 2 is 2.26 bits per heavy atom. The topological polar surface area (TPSA) is 98.6 Å². The van der Waals surface area contributed by atoms with Crippen molar-refractivity contribution in [2.24, 2.45) is 0 Å². The highest BCUT2D eigenvalue weighted by atomic mass is 32.1. The van der Waals surface area contributed by atoms with Gasteiger partial charge >= 0.3 is 0 Å². The van der Waals surface area contributed by atoms with Crippen molar-refractivity contribution in [2.45, 2.75) is 6.61 Å². The zero-order chi connectivity index (χ0) is 13.4. The van der Waals surface area contributed by atoms with E-state index in [1.54, 1.807) is 29.8 Å². The number of nitrogen functional groups attached to an aromatic ring is 1. The Labute approximate surface area is 112 Å². The van der Waals surface area contributed by atoms with Crippen LogP contribution >= 0.6 is 11.3 Å². The van der Waals surface area contributed by atoms with Crippen LogP contribution in [0, 0.1) is 0 Å². The lowest BCUT2D eigenvalue weighted by Gasteiger charge is -2.02. The van der Waals surface area contributed by atoms with Crippen LogP contribution in [0.25, 0.3) is 15.5 Å². The largest absolute Gasteiger partial charge is 0.505 e. The molecule has 2 aromatic heterocycles. The van der Waals surface area contributed by atoms with Crippen molar-refractivity contribution in [3.05, 3.63) is 24.0 Å². The fourth-order valence-electron chi connectivity index (χ4n) is 1.72. The van der Waals surface area contributed by atoms with E-state index in [2.05, 4.69) is 15.3 Å². The summed E-state index contributed by atoms with van der Waals surface area (Å²) in [5, 5.41) is 22.9. The number of nitrogens with zero attached hydrogens (tertiary/aromatic N) is 4. The number of hydrogen-bond donors (Lipinski definition) is 2. The number of benzene rings is 1. The molecule has 7 nitrogen and oxygen atoms in total. The number of anilines is 1. The van der Waals surface area contributed by atoms with Crippen LogP contribution in [0.5, 0.6) is 5.75 Å². The first-order valence-corrected chi connectivity index (χ1v) is 6.30. The van der Waals surface area contributed by atoms with E-state index in [1.165, 1.54) is 11.3 Å². The molecule has 19 heavy (non-hydrogen) atoms. The maximum atomic E-state index is 9.96. The number of aromatic hydroxyl groups is 1. The van der Waals surface area contributed by atoms with Gasteiger partial charge in [0, 0.05) is 7.11 Å². The van der Waals surface area contributed by atoms with E-state index in [1.807, 2.05) is 0 Å². The van der Waals surface area contributed by atoms with Crippen LogP contribution in [0.15, 0.2) is 18.2 Å². The number of hydrogen-bond acceptors (Lipinski definition) is 7. The molecule has 3 aromatic rings. The van der Waals surface area contributed by atoms with Crippen LogP contribution in [0.2, 0.25) is 0 Å². The Morgan fingerprint density at radius 1 is 1.42 bits per heavy atom. The second-order valence-electron chi connectivity index (χ2n) is 3.89. The molecule has 0 radical (unpaired) electrons. The highest BCUT2D eigenvalue weighted by molar-refractivity contribution is 7.19. The molecule has 0 bridgehead atoms. The molecule has 0 saturated carbocycles. The molecule has 0 saturated heterocycles. The molecular formula is C11H11N5O2S. The summed E-state index contributed by atoms with van der Waals surface area (Å²) in [5.74, 6) is 0.643. The second-order valence-corrected chi connectivity index (χ2v) is 4.85. The van der Waals surface area contributed by atoms with Gasteiger partial charge in [0.05, 0.1) is 11.3 Å². The lowest BCUT2D eigenvalue weighted by molar-refractivity contribution is 0.176. The minimum absolute atomic E-state index is 0.0285. The molecule has 0 atom stereocenters. The van der Waals surface area contributed by atoms with Gasteiger partial charge in [0.1, 0.15) is 12.4 Å². The van der Waals surface area contributed by atoms with Gasteiger partial charge in [-0.25, -0.2) is 0 Å². The molecule has 0 unspecified atom stereocenters. The lowest BCUT2D eigenvalue weighted by Crippen LogP contribution is -1.97. The summed E-state index contributed by atoms with van der Waals surface area (Å²) >= 11 is 1.33. The monoisotopic (exact) mass is 277 g/mol. The molecular weight excluding hydrogens is 266 g/mol. The average molecular weight is 277 g/mol. The fraction of sp³-hybridized carbons (Fsp3) is 0.182. The fourth-order valence-corrected chi connectivity index (χ4v) is 2.60. The summed E-state index contributed by atoms with van der Waals surface area (Å²) in [5.41, 5.74) is 6.58. The van der Waals surface area contributed by atoms with Crippen molar-refractivity contribution in [1.29, 1.82) is 0 Å². The third kappa shape index (κ3) is 1.90. The molecule has 3 N–H and O–H groups in total.